The summed E-state index contributed by atoms with van der Waals surface area (Å²) in [6.07, 6.45) is 0.753. The number of carbonyl (C=O) groups is 1. The number of carbonyl (C=O) groups excluding carboxylic acids is 1. The summed E-state index contributed by atoms with van der Waals surface area (Å²) in [5.41, 5.74) is 0.790. The van der Waals surface area contributed by atoms with Gasteiger partial charge in [-0.25, -0.2) is 4.39 Å². The zero-order valence-electron chi connectivity index (χ0n) is 12.2. The van der Waals surface area contributed by atoms with Crippen molar-refractivity contribution in [2.45, 2.75) is 19.4 Å². The van der Waals surface area contributed by atoms with E-state index in [1.165, 1.54) is 23.5 Å². The van der Waals surface area contributed by atoms with Crippen LogP contribution in [0.15, 0.2) is 46.3 Å². The maximum absolute atomic E-state index is 13.1. The zero-order chi connectivity index (χ0) is 16.1. The summed E-state index contributed by atoms with van der Waals surface area (Å²) in [6, 6.07) is 10.0. The third-order valence-corrected chi connectivity index (χ3v) is 4.04. The Hall–Kier alpha value is -2.54. The molecule has 5 nitrogen and oxygen atoms in total. The molecule has 0 fully saturated rings. The second-order valence-electron chi connectivity index (χ2n) is 4.90. The fourth-order valence-electron chi connectivity index (χ4n) is 2.05. The van der Waals surface area contributed by atoms with Gasteiger partial charge in [-0.05, 0) is 35.6 Å². The molecule has 0 atom stereocenters. The predicted octanol–water partition coefficient (Wildman–Crippen LogP) is 3.19. The van der Waals surface area contributed by atoms with Crippen molar-refractivity contribution in [2.75, 3.05) is 0 Å². The molecule has 0 aliphatic carbocycles. The third kappa shape index (κ3) is 4.23. The topological polar surface area (TPSA) is 68.0 Å². The van der Waals surface area contributed by atoms with Crippen molar-refractivity contribution in [1.29, 1.82) is 0 Å². The van der Waals surface area contributed by atoms with Crippen LogP contribution in [-0.4, -0.2) is 16.0 Å². The molecule has 23 heavy (non-hydrogen) atoms. The normalized spacial score (nSPS) is 10.7. The number of nitrogens with one attached hydrogen (secondary N) is 1. The van der Waals surface area contributed by atoms with E-state index in [-0.39, 0.29) is 24.7 Å². The minimum absolute atomic E-state index is 0.148. The molecular formula is C16H14FN3O2S. The summed E-state index contributed by atoms with van der Waals surface area (Å²) >= 11 is 1.52. The first-order valence-electron chi connectivity index (χ1n) is 7.08. The van der Waals surface area contributed by atoms with Crippen LogP contribution in [0, 0.1) is 5.82 Å². The first-order chi connectivity index (χ1) is 11.2. The SMILES string of the molecule is O=C(CCc1cccc(F)c1)NCc1nc(-c2cccs2)no1. The van der Waals surface area contributed by atoms with Gasteiger partial charge in [-0.3, -0.25) is 4.79 Å². The molecule has 2 aromatic heterocycles. The average Bonchev–Trinajstić information content (AvgIpc) is 3.22. The summed E-state index contributed by atoms with van der Waals surface area (Å²) in [6.45, 7) is 0.181. The van der Waals surface area contributed by atoms with Crippen LogP contribution in [0.5, 0.6) is 0 Å². The van der Waals surface area contributed by atoms with Gasteiger partial charge in [0.15, 0.2) is 0 Å². The smallest absolute Gasteiger partial charge is 0.246 e. The Morgan fingerprint density at radius 2 is 2.22 bits per heavy atom. The van der Waals surface area contributed by atoms with E-state index in [4.69, 9.17) is 4.52 Å². The van der Waals surface area contributed by atoms with E-state index < -0.39 is 0 Å². The highest BCUT2D eigenvalue weighted by Gasteiger charge is 2.10. The van der Waals surface area contributed by atoms with Crippen LogP contribution in [0.25, 0.3) is 10.7 Å². The zero-order valence-corrected chi connectivity index (χ0v) is 13.0. The number of halogens is 1. The molecule has 3 aromatic rings. The first kappa shape index (κ1) is 15.4. The maximum atomic E-state index is 13.1. The average molecular weight is 331 g/mol. The summed E-state index contributed by atoms with van der Waals surface area (Å²) in [7, 11) is 0. The third-order valence-electron chi connectivity index (χ3n) is 3.18. The van der Waals surface area contributed by atoms with Gasteiger partial charge in [0.2, 0.25) is 17.6 Å². The van der Waals surface area contributed by atoms with E-state index in [0.717, 1.165) is 10.4 Å². The highest BCUT2D eigenvalue weighted by Crippen LogP contribution is 2.21. The number of benzene rings is 1. The Labute approximate surface area is 136 Å². The Bertz CT molecular complexity index is 786. The number of hydrogen-bond acceptors (Lipinski definition) is 5. The molecule has 7 heteroatoms. The fourth-order valence-corrected chi connectivity index (χ4v) is 2.69. The van der Waals surface area contributed by atoms with Gasteiger partial charge in [0.25, 0.3) is 0 Å². The van der Waals surface area contributed by atoms with Gasteiger partial charge >= 0.3 is 0 Å². The second kappa shape index (κ2) is 7.15. The number of thiophene rings is 1. The van der Waals surface area contributed by atoms with E-state index in [9.17, 15) is 9.18 Å². The van der Waals surface area contributed by atoms with Crippen molar-refractivity contribution in [1.82, 2.24) is 15.5 Å². The molecule has 0 unspecified atom stereocenters. The minimum atomic E-state index is -0.296. The van der Waals surface area contributed by atoms with Gasteiger partial charge in [0.05, 0.1) is 11.4 Å². The molecule has 118 valence electrons. The predicted molar refractivity (Wildman–Crippen MR) is 84.2 cm³/mol. The van der Waals surface area contributed by atoms with Gasteiger partial charge in [0.1, 0.15) is 5.82 Å². The quantitative estimate of drug-likeness (QED) is 0.753. The molecular weight excluding hydrogens is 317 g/mol. The second-order valence-corrected chi connectivity index (χ2v) is 5.84. The van der Waals surface area contributed by atoms with E-state index in [1.807, 2.05) is 17.5 Å². The van der Waals surface area contributed by atoms with E-state index >= 15 is 0 Å². The van der Waals surface area contributed by atoms with Gasteiger partial charge < -0.3 is 9.84 Å². The highest BCUT2D eigenvalue weighted by atomic mass is 32.1. The number of aryl methyl sites for hydroxylation is 1. The lowest BCUT2D eigenvalue weighted by Crippen LogP contribution is -2.23. The minimum Gasteiger partial charge on any atom is -0.347 e. The lowest BCUT2D eigenvalue weighted by Gasteiger charge is -2.03. The number of amides is 1. The molecule has 0 saturated carbocycles. The first-order valence-corrected chi connectivity index (χ1v) is 7.96. The van der Waals surface area contributed by atoms with Crippen LogP contribution in [0.4, 0.5) is 4.39 Å². The molecule has 1 amide bonds. The Kier molecular flexibility index (Phi) is 4.77. The summed E-state index contributed by atoms with van der Waals surface area (Å²) < 4.78 is 18.2. The number of nitrogens with zero attached hydrogens (tertiary/aromatic N) is 2. The van der Waals surface area contributed by atoms with Crippen LogP contribution in [0.3, 0.4) is 0 Å². The molecule has 0 aliphatic rings. The number of rotatable bonds is 6. The summed E-state index contributed by atoms with van der Waals surface area (Å²) in [5, 5.41) is 8.52. The number of aromatic nitrogens is 2. The van der Waals surface area contributed by atoms with Crippen molar-refractivity contribution < 1.29 is 13.7 Å². The van der Waals surface area contributed by atoms with Gasteiger partial charge in [-0.2, -0.15) is 4.98 Å². The van der Waals surface area contributed by atoms with Crippen molar-refractivity contribution in [3.8, 4) is 10.7 Å². The lowest BCUT2D eigenvalue weighted by molar-refractivity contribution is -0.121. The van der Waals surface area contributed by atoms with Crippen LogP contribution in [0.2, 0.25) is 0 Å². The molecule has 1 N–H and O–H groups in total. The van der Waals surface area contributed by atoms with E-state index in [2.05, 4.69) is 15.5 Å². The fraction of sp³-hybridized carbons (Fsp3) is 0.188. The monoisotopic (exact) mass is 331 g/mol. The standard InChI is InChI=1S/C16H14FN3O2S/c17-12-4-1-3-11(9-12)6-7-14(21)18-10-15-19-16(20-22-15)13-5-2-8-23-13/h1-5,8-9H,6-7,10H2,(H,18,21). The molecule has 0 radical (unpaired) electrons. The highest BCUT2D eigenvalue weighted by molar-refractivity contribution is 7.13. The summed E-state index contributed by atoms with van der Waals surface area (Å²) in [4.78, 5) is 17.0. The van der Waals surface area contributed by atoms with Crippen molar-refractivity contribution in [3.63, 3.8) is 0 Å². The van der Waals surface area contributed by atoms with Gasteiger partial charge in [0, 0.05) is 6.42 Å². The van der Waals surface area contributed by atoms with Crippen molar-refractivity contribution in [3.05, 3.63) is 59.0 Å². The van der Waals surface area contributed by atoms with Crippen LogP contribution in [0.1, 0.15) is 17.9 Å². The Morgan fingerprint density at radius 1 is 1.30 bits per heavy atom. The molecule has 0 bridgehead atoms. The van der Waals surface area contributed by atoms with Crippen molar-refractivity contribution in [2.24, 2.45) is 0 Å². The Morgan fingerprint density at radius 3 is 3.00 bits per heavy atom. The molecule has 1 aromatic carbocycles. The van der Waals surface area contributed by atoms with Gasteiger partial charge in [-0.1, -0.05) is 23.4 Å². The molecule has 0 spiro atoms. The number of hydrogen-bond donors (Lipinski definition) is 1. The maximum Gasteiger partial charge on any atom is 0.246 e. The lowest BCUT2D eigenvalue weighted by atomic mass is 10.1. The van der Waals surface area contributed by atoms with Gasteiger partial charge in [-0.15, -0.1) is 11.3 Å². The van der Waals surface area contributed by atoms with Crippen LogP contribution in [-0.2, 0) is 17.8 Å². The molecule has 0 aliphatic heterocycles. The molecule has 0 saturated heterocycles. The van der Waals surface area contributed by atoms with Crippen LogP contribution < -0.4 is 5.32 Å². The van der Waals surface area contributed by atoms with E-state index in [0.29, 0.717) is 18.1 Å². The Balaban J connectivity index is 1.47. The van der Waals surface area contributed by atoms with E-state index in [1.54, 1.807) is 12.1 Å². The molecule has 2 heterocycles. The largest absolute Gasteiger partial charge is 0.347 e. The van der Waals surface area contributed by atoms with Crippen LogP contribution >= 0.6 is 11.3 Å². The summed E-state index contributed by atoms with van der Waals surface area (Å²) in [5.74, 6) is 0.427. The van der Waals surface area contributed by atoms with Crippen molar-refractivity contribution >= 4 is 17.2 Å². The molecule has 3 rings (SSSR count).